The zero-order chi connectivity index (χ0) is 17.3. The Kier molecular flexibility index (Phi) is 3.46. The van der Waals surface area contributed by atoms with Crippen molar-refractivity contribution >= 4 is 21.5 Å². The SMILES string of the molecule is c1ccc2c(-c3ccnc(-c4cccc5ccccc45)n3)cccc2c1. The fraction of sp³-hybridized carbons (Fsp3) is 0. The van der Waals surface area contributed by atoms with Gasteiger partial charge >= 0.3 is 0 Å². The second kappa shape index (κ2) is 6.08. The molecular formula is C24H16N2. The van der Waals surface area contributed by atoms with Gasteiger partial charge < -0.3 is 0 Å². The number of hydrogen-bond acceptors (Lipinski definition) is 2. The average molecular weight is 332 g/mol. The normalized spacial score (nSPS) is 11.1. The highest BCUT2D eigenvalue weighted by molar-refractivity contribution is 5.97. The quantitative estimate of drug-likeness (QED) is 0.389. The molecule has 0 atom stereocenters. The molecule has 0 aliphatic carbocycles. The molecule has 0 radical (unpaired) electrons. The standard InChI is InChI=1S/C24H16N2/c1-3-11-19-17(7-1)9-5-13-21(19)23-15-16-25-24(26-23)22-14-6-10-18-8-2-4-12-20(18)22/h1-16H. The van der Waals surface area contributed by atoms with E-state index in [4.69, 9.17) is 4.98 Å². The first-order valence-electron chi connectivity index (χ1n) is 8.69. The van der Waals surface area contributed by atoms with Crippen LogP contribution in [0.3, 0.4) is 0 Å². The van der Waals surface area contributed by atoms with Gasteiger partial charge in [0.25, 0.3) is 0 Å². The average Bonchev–Trinajstić information content (AvgIpc) is 2.73. The number of fused-ring (bicyclic) bond motifs is 2. The lowest BCUT2D eigenvalue weighted by Crippen LogP contribution is -1.93. The third kappa shape index (κ3) is 2.44. The summed E-state index contributed by atoms with van der Waals surface area (Å²) in [4.78, 5) is 9.46. The molecule has 4 aromatic carbocycles. The topological polar surface area (TPSA) is 25.8 Å². The van der Waals surface area contributed by atoms with Crippen molar-refractivity contribution in [2.24, 2.45) is 0 Å². The van der Waals surface area contributed by atoms with E-state index < -0.39 is 0 Å². The van der Waals surface area contributed by atoms with Crippen molar-refractivity contribution in [1.82, 2.24) is 9.97 Å². The van der Waals surface area contributed by atoms with Gasteiger partial charge in [-0.15, -0.1) is 0 Å². The summed E-state index contributed by atoms with van der Waals surface area (Å²) in [5.74, 6) is 0.757. The Balaban J connectivity index is 1.72. The van der Waals surface area contributed by atoms with Crippen LogP contribution in [0.25, 0.3) is 44.2 Å². The van der Waals surface area contributed by atoms with E-state index in [1.54, 1.807) is 0 Å². The van der Waals surface area contributed by atoms with E-state index in [2.05, 4.69) is 89.9 Å². The highest BCUT2D eigenvalue weighted by Gasteiger charge is 2.09. The van der Waals surface area contributed by atoms with Crippen molar-refractivity contribution in [3.8, 4) is 22.6 Å². The van der Waals surface area contributed by atoms with Gasteiger partial charge in [0.15, 0.2) is 5.82 Å². The summed E-state index contributed by atoms with van der Waals surface area (Å²) in [5.41, 5.74) is 3.14. The first kappa shape index (κ1) is 14.8. The second-order valence-corrected chi connectivity index (χ2v) is 6.32. The monoisotopic (exact) mass is 332 g/mol. The molecule has 0 aliphatic heterocycles. The Bertz CT molecular complexity index is 1140. The Labute approximate surface area is 151 Å². The molecule has 26 heavy (non-hydrogen) atoms. The highest BCUT2D eigenvalue weighted by Crippen LogP contribution is 2.30. The lowest BCUT2D eigenvalue weighted by atomic mass is 10.0. The van der Waals surface area contributed by atoms with Crippen LogP contribution in [0.4, 0.5) is 0 Å². The fourth-order valence-corrected chi connectivity index (χ4v) is 3.51. The number of rotatable bonds is 2. The van der Waals surface area contributed by atoms with Gasteiger partial charge in [-0.25, -0.2) is 9.97 Å². The van der Waals surface area contributed by atoms with Crippen LogP contribution in [-0.2, 0) is 0 Å². The maximum Gasteiger partial charge on any atom is 0.160 e. The molecule has 0 spiro atoms. The van der Waals surface area contributed by atoms with Crippen molar-refractivity contribution in [3.63, 3.8) is 0 Å². The summed E-state index contributed by atoms with van der Waals surface area (Å²) in [5, 5.41) is 4.79. The summed E-state index contributed by atoms with van der Waals surface area (Å²) in [6.07, 6.45) is 1.85. The Morgan fingerprint density at radius 1 is 0.500 bits per heavy atom. The molecule has 0 N–H and O–H groups in total. The Morgan fingerprint density at radius 2 is 1.08 bits per heavy atom. The van der Waals surface area contributed by atoms with Crippen LogP contribution in [0.5, 0.6) is 0 Å². The van der Waals surface area contributed by atoms with E-state index in [1.807, 2.05) is 12.3 Å². The predicted octanol–water partition coefficient (Wildman–Crippen LogP) is 6.12. The third-order valence-electron chi connectivity index (χ3n) is 4.75. The van der Waals surface area contributed by atoms with Gasteiger partial charge in [-0.3, -0.25) is 0 Å². The molecule has 0 amide bonds. The minimum absolute atomic E-state index is 0.757. The van der Waals surface area contributed by atoms with Crippen molar-refractivity contribution < 1.29 is 0 Å². The first-order chi connectivity index (χ1) is 12.9. The molecule has 5 rings (SSSR count). The lowest BCUT2D eigenvalue weighted by Gasteiger charge is -2.09. The van der Waals surface area contributed by atoms with Crippen LogP contribution >= 0.6 is 0 Å². The lowest BCUT2D eigenvalue weighted by molar-refractivity contribution is 1.19. The van der Waals surface area contributed by atoms with Gasteiger partial charge in [0, 0.05) is 17.3 Å². The molecule has 1 heterocycles. The van der Waals surface area contributed by atoms with Gasteiger partial charge in [-0.05, 0) is 27.6 Å². The molecule has 0 saturated heterocycles. The van der Waals surface area contributed by atoms with Crippen molar-refractivity contribution in [3.05, 3.63) is 97.2 Å². The minimum atomic E-state index is 0.757. The smallest absolute Gasteiger partial charge is 0.160 e. The zero-order valence-corrected chi connectivity index (χ0v) is 14.1. The molecule has 2 heteroatoms. The number of nitrogens with zero attached hydrogens (tertiary/aromatic N) is 2. The molecular weight excluding hydrogens is 316 g/mol. The number of benzene rings is 4. The van der Waals surface area contributed by atoms with Crippen LogP contribution in [0, 0.1) is 0 Å². The third-order valence-corrected chi connectivity index (χ3v) is 4.75. The van der Waals surface area contributed by atoms with Gasteiger partial charge in [0.05, 0.1) is 5.69 Å². The van der Waals surface area contributed by atoms with Crippen LogP contribution in [0.2, 0.25) is 0 Å². The zero-order valence-electron chi connectivity index (χ0n) is 14.1. The molecule has 0 bridgehead atoms. The van der Waals surface area contributed by atoms with Gasteiger partial charge in [0.2, 0.25) is 0 Å². The first-order valence-corrected chi connectivity index (χ1v) is 8.69. The van der Waals surface area contributed by atoms with Gasteiger partial charge in [0.1, 0.15) is 0 Å². The minimum Gasteiger partial charge on any atom is -0.237 e. The summed E-state index contributed by atoms with van der Waals surface area (Å²) in [6, 6.07) is 31.3. The van der Waals surface area contributed by atoms with Crippen LogP contribution in [0.1, 0.15) is 0 Å². The number of aromatic nitrogens is 2. The van der Waals surface area contributed by atoms with E-state index in [0.717, 1.165) is 22.6 Å². The molecule has 0 unspecified atom stereocenters. The van der Waals surface area contributed by atoms with E-state index in [0.29, 0.717) is 0 Å². The fourth-order valence-electron chi connectivity index (χ4n) is 3.51. The molecule has 0 fully saturated rings. The van der Waals surface area contributed by atoms with Crippen molar-refractivity contribution in [2.75, 3.05) is 0 Å². The number of hydrogen-bond donors (Lipinski definition) is 0. The van der Waals surface area contributed by atoms with E-state index in [1.165, 1.54) is 21.5 Å². The molecule has 5 aromatic rings. The van der Waals surface area contributed by atoms with E-state index in [-0.39, 0.29) is 0 Å². The summed E-state index contributed by atoms with van der Waals surface area (Å²) < 4.78 is 0. The van der Waals surface area contributed by atoms with Crippen LogP contribution in [0.15, 0.2) is 97.2 Å². The Morgan fingerprint density at radius 3 is 1.81 bits per heavy atom. The van der Waals surface area contributed by atoms with Gasteiger partial charge in [-0.1, -0.05) is 84.9 Å². The molecule has 0 saturated carbocycles. The maximum atomic E-state index is 4.90. The summed E-state index contributed by atoms with van der Waals surface area (Å²) in [6.45, 7) is 0. The summed E-state index contributed by atoms with van der Waals surface area (Å²) in [7, 11) is 0. The Hall–Kier alpha value is -3.52. The van der Waals surface area contributed by atoms with Crippen molar-refractivity contribution in [1.29, 1.82) is 0 Å². The summed E-state index contributed by atoms with van der Waals surface area (Å²) >= 11 is 0. The molecule has 1 aromatic heterocycles. The van der Waals surface area contributed by atoms with Crippen molar-refractivity contribution in [2.45, 2.75) is 0 Å². The highest BCUT2D eigenvalue weighted by atomic mass is 14.9. The maximum absolute atomic E-state index is 4.90. The van der Waals surface area contributed by atoms with Crippen LogP contribution < -0.4 is 0 Å². The van der Waals surface area contributed by atoms with Crippen LogP contribution in [-0.4, -0.2) is 9.97 Å². The molecule has 0 aliphatic rings. The molecule has 122 valence electrons. The predicted molar refractivity (Wildman–Crippen MR) is 108 cm³/mol. The second-order valence-electron chi connectivity index (χ2n) is 6.32. The van der Waals surface area contributed by atoms with Gasteiger partial charge in [-0.2, -0.15) is 0 Å². The largest absolute Gasteiger partial charge is 0.237 e. The van der Waals surface area contributed by atoms with E-state index >= 15 is 0 Å². The molecule has 2 nitrogen and oxygen atoms in total. The van der Waals surface area contributed by atoms with E-state index in [9.17, 15) is 0 Å².